The molecular formula is C15H29N3. The van der Waals surface area contributed by atoms with Gasteiger partial charge in [-0.05, 0) is 58.2 Å². The van der Waals surface area contributed by atoms with Gasteiger partial charge in [0.15, 0.2) is 0 Å². The van der Waals surface area contributed by atoms with E-state index in [4.69, 9.17) is 0 Å². The van der Waals surface area contributed by atoms with E-state index in [9.17, 15) is 5.26 Å². The second-order valence-electron chi connectivity index (χ2n) is 5.65. The van der Waals surface area contributed by atoms with E-state index in [-0.39, 0.29) is 5.54 Å². The number of hydrogen-bond donors (Lipinski definition) is 1. The van der Waals surface area contributed by atoms with Crippen molar-refractivity contribution in [1.82, 2.24) is 10.2 Å². The van der Waals surface area contributed by atoms with Crippen LogP contribution < -0.4 is 5.32 Å². The van der Waals surface area contributed by atoms with Gasteiger partial charge in [0.25, 0.3) is 0 Å². The number of hydrogen-bond acceptors (Lipinski definition) is 3. The van der Waals surface area contributed by atoms with E-state index >= 15 is 0 Å². The van der Waals surface area contributed by atoms with Gasteiger partial charge in [-0.2, -0.15) is 5.26 Å². The second-order valence-corrected chi connectivity index (χ2v) is 5.65. The SMILES string of the molecule is CCCC1CCN(CCCC(C#N)(CC)NC)C1. The van der Waals surface area contributed by atoms with Gasteiger partial charge in [0.2, 0.25) is 0 Å². The highest BCUT2D eigenvalue weighted by Crippen LogP contribution is 2.22. The first kappa shape index (κ1) is 15.5. The van der Waals surface area contributed by atoms with E-state index in [1.165, 1.54) is 32.4 Å². The maximum Gasteiger partial charge on any atom is 0.106 e. The Morgan fingerprint density at radius 3 is 2.78 bits per heavy atom. The summed E-state index contributed by atoms with van der Waals surface area (Å²) in [7, 11) is 1.90. The topological polar surface area (TPSA) is 39.1 Å². The highest BCUT2D eigenvalue weighted by Gasteiger charge is 2.26. The molecule has 104 valence electrons. The van der Waals surface area contributed by atoms with E-state index in [1.807, 2.05) is 7.05 Å². The average molecular weight is 251 g/mol. The van der Waals surface area contributed by atoms with Crippen LogP contribution in [0.1, 0.15) is 52.4 Å². The van der Waals surface area contributed by atoms with Gasteiger partial charge < -0.3 is 10.2 Å². The van der Waals surface area contributed by atoms with Crippen molar-refractivity contribution in [3.63, 3.8) is 0 Å². The predicted molar refractivity (Wildman–Crippen MR) is 76.4 cm³/mol. The van der Waals surface area contributed by atoms with Crippen molar-refractivity contribution >= 4 is 0 Å². The fraction of sp³-hybridized carbons (Fsp3) is 0.933. The van der Waals surface area contributed by atoms with Crippen molar-refractivity contribution in [2.45, 2.75) is 57.9 Å². The fourth-order valence-corrected chi connectivity index (χ4v) is 3.03. The molecule has 0 amide bonds. The summed E-state index contributed by atoms with van der Waals surface area (Å²) in [6, 6.07) is 2.44. The Labute approximate surface area is 113 Å². The summed E-state index contributed by atoms with van der Waals surface area (Å²) >= 11 is 0. The molecule has 2 unspecified atom stereocenters. The molecule has 1 aliphatic heterocycles. The summed E-state index contributed by atoms with van der Waals surface area (Å²) in [6.45, 7) is 8.06. The molecule has 0 saturated carbocycles. The molecule has 3 nitrogen and oxygen atoms in total. The molecule has 18 heavy (non-hydrogen) atoms. The minimum Gasteiger partial charge on any atom is -0.303 e. The first-order valence-electron chi connectivity index (χ1n) is 7.52. The molecule has 1 rings (SSSR count). The van der Waals surface area contributed by atoms with Crippen molar-refractivity contribution in [2.75, 3.05) is 26.7 Å². The van der Waals surface area contributed by atoms with E-state index < -0.39 is 0 Å². The molecule has 2 atom stereocenters. The Kier molecular flexibility index (Phi) is 6.67. The zero-order chi connectivity index (χ0) is 13.4. The molecule has 0 spiro atoms. The maximum absolute atomic E-state index is 9.25. The molecule has 1 N–H and O–H groups in total. The van der Waals surface area contributed by atoms with Gasteiger partial charge in [-0.1, -0.05) is 20.3 Å². The van der Waals surface area contributed by atoms with Crippen LogP contribution in [-0.2, 0) is 0 Å². The Balaban J connectivity index is 2.24. The maximum atomic E-state index is 9.25. The van der Waals surface area contributed by atoms with Crippen LogP contribution in [0.2, 0.25) is 0 Å². The summed E-state index contributed by atoms with van der Waals surface area (Å²) in [6.07, 6.45) is 7.04. The molecule has 3 heteroatoms. The molecule has 1 saturated heterocycles. The van der Waals surface area contributed by atoms with Gasteiger partial charge in [-0.15, -0.1) is 0 Å². The van der Waals surface area contributed by atoms with Crippen molar-refractivity contribution in [3.05, 3.63) is 0 Å². The van der Waals surface area contributed by atoms with E-state index in [2.05, 4.69) is 30.1 Å². The molecule has 0 aromatic heterocycles. The van der Waals surface area contributed by atoms with Crippen LogP contribution in [0.15, 0.2) is 0 Å². The van der Waals surface area contributed by atoms with Crippen LogP contribution in [0.5, 0.6) is 0 Å². The monoisotopic (exact) mass is 251 g/mol. The van der Waals surface area contributed by atoms with Crippen LogP contribution in [0, 0.1) is 17.2 Å². The average Bonchev–Trinajstić information content (AvgIpc) is 2.84. The quantitative estimate of drug-likeness (QED) is 0.721. The van der Waals surface area contributed by atoms with Crippen LogP contribution in [-0.4, -0.2) is 37.1 Å². The van der Waals surface area contributed by atoms with Crippen molar-refractivity contribution in [2.24, 2.45) is 5.92 Å². The minimum absolute atomic E-state index is 0.303. The molecule has 1 heterocycles. The third-order valence-electron chi connectivity index (χ3n) is 4.44. The number of likely N-dealkylation sites (tertiary alicyclic amines) is 1. The van der Waals surface area contributed by atoms with Crippen molar-refractivity contribution in [3.8, 4) is 6.07 Å². The van der Waals surface area contributed by atoms with Gasteiger partial charge in [0.05, 0.1) is 6.07 Å². The lowest BCUT2D eigenvalue weighted by atomic mass is 9.92. The lowest BCUT2D eigenvalue weighted by Gasteiger charge is -2.25. The van der Waals surface area contributed by atoms with Crippen LogP contribution >= 0.6 is 0 Å². The molecule has 0 aromatic carbocycles. The zero-order valence-electron chi connectivity index (χ0n) is 12.3. The van der Waals surface area contributed by atoms with Gasteiger partial charge in [0, 0.05) is 6.54 Å². The number of nitrogens with zero attached hydrogens (tertiary/aromatic N) is 2. The third kappa shape index (κ3) is 4.26. The summed E-state index contributed by atoms with van der Waals surface area (Å²) < 4.78 is 0. The Morgan fingerprint density at radius 2 is 2.22 bits per heavy atom. The van der Waals surface area contributed by atoms with Crippen molar-refractivity contribution in [1.29, 1.82) is 5.26 Å². The van der Waals surface area contributed by atoms with Gasteiger partial charge >= 0.3 is 0 Å². The van der Waals surface area contributed by atoms with E-state index in [0.29, 0.717) is 0 Å². The molecule has 1 fully saturated rings. The fourth-order valence-electron chi connectivity index (χ4n) is 3.03. The summed E-state index contributed by atoms with van der Waals surface area (Å²) in [5.41, 5.74) is -0.303. The minimum atomic E-state index is -0.303. The molecule has 0 radical (unpaired) electrons. The number of rotatable bonds is 8. The number of nitriles is 1. The van der Waals surface area contributed by atoms with Crippen molar-refractivity contribution < 1.29 is 0 Å². The summed E-state index contributed by atoms with van der Waals surface area (Å²) in [5, 5.41) is 12.4. The second kappa shape index (κ2) is 7.76. The first-order valence-corrected chi connectivity index (χ1v) is 7.52. The largest absolute Gasteiger partial charge is 0.303 e. The first-order chi connectivity index (χ1) is 8.69. The Morgan fingerprint density at radius 1 is 1.44 bits per heavy atom. The van der Waals surface area contributed by atoms with Gasteiger partial charge in [-0.25, -0.2) is 0 Å². The molecule has 0 aliphatic carbocycles. The van der Waals surface area contributed by atoms with Gasteiger partial charge in [0.1, 0.15) is 5.54 Å². The van der Waals surface area contributed by atoms with Crippen LogP contribution in [0.3, 0.4) is 0 Å². The Bertz CT molecular complexity index is 265. The molecule has 0 bridgehead atoms. The lowest BCUT2D eigenvalue weighted by molar-refractivity contribution is 0.291. The van der Waals surface area contributed by atoms with Crippen LogP contribution in [0.4, 0.5) is 0 Å². The van der Waals surface area contributed by atoms with E-state index in [1.54, 1.807) is 0 Å². The Hall–Kier alpha value is -0.590. The molecule has 0 aromatic rings. The molecular weight excluding hydrogens is 222 g/mol. The summed E-state index contributed by atoms with van der Waals surface area (Å²) in [4.78, 5) is 2.58. The zero-order valence-corrected chi connectivity index (χ0v) is 12.3. The summed E-state index contributed by atoms with van der Waals surface area (Å²) in [5.74, 6) is 0.922. The van der Waals surface area contributed by atoms with E-state index in [0.717, 1.165) is 31.7 Å². The molecule has 1 aliphatic rings. The highest BCUT2D eigenvalue weighted by atomic mass is 15.1. The lowest BCUT2D eigenvalue weighted by Crippen LogP contribution is -2.41. The highest BCUT2D eigenvalue weighted by molar-refractivity contribution is 5.05. The van der Waals surface area contributed by atoms with Crippen LogP contribution in [0.25, 0.3) is 0 Å². The number of nitrogens with one attached hydrogen (secondary N) is 1. The normalized spacial score (nSPS) is 23.8. The third-order valence-corrected chi connectivity index (χ3v) is 4.44. The van der Waals surface area contributed by atoms with Gasteiger partial charge in [-0.3, -0.25) is 0 Å². The predicted octanol–water partition coefficient (Wildman–Crippen LogP) is 2.78. The smallest absolute Gasteiger partial charge is 0.106 e. The standard InChI is InChI=1S/C15H29N3/c1-4-7-14-8-11-18(12-14)10-6-9-15(5-2,13-16)17-3/h14,17H,4-12H2,1-3H3.